The van der Waals surface area contributed by atoms with Crippen LogP contribution in [0.5, 0.6) is 0 Å². The summed E-state index contributed by atoms with van der Waals surface area (Å²) in [6.07, 6.45) is 1.24. The number of thiophene rings is 1. The van der Waals surface area contributed by atoms with E-state index in [-0.39, 0.29) is 4.91 Å². The second-order valence-electron chi connectivity index (χ2n) is 6.56. The first-order chi connectivity index (χ1) is 14.9. The number of carbonyl (C=O) groups excluding carboxylic acids is 3. The third-order valence-corrected chi connectivity index (χ3v) is 6.90. The van der Waals surface area contributed by atoms with Crippen LogP contribution in [-0.4, -0.2) is 35.0 Å². The van der Waals surface area contributed by atoms with Gasteiger partial charge in [-0.2, -0.15) is 0 Å². The molecule has 10 heteroatoms. The highest BCUT2D eigenvalue weighted by Crippen LogP contribution is 2.43. The third kappa shape index (κ3) is 4.04. The predicted octanol–water partition coefficient (Wildman–Crippen LogP) is 4.36. The van der Waals surface area contributed by atoms with Gasteiger partial charge in [-0.1, -0.05) is 29.8 Å². The van der Waals surface area contributed by atoms with E-state index in [0.29, 0.717) is 27.1 Å². The zero-order chi connectivity index (χ0) is 22.1. The number of benzene rings is 1. The summed E-state index contributed by atoms with van der Waals surface area (Å²) in [7, 11) is 1.29. The number of para-hydroxylation sites is 1. The van der Waals surface area contributed by atoms with Gasteiger partial charge < -0.3 is 10.1 Å². The van der Waals surface area contributed by atoms with Gasteiger partial charge in [-0.25, -0.2) is 9.79 Å². The molecule has 0 saturated carbocycles. The lowest BCUT2D eigenvalue weighted by molar-refractivity contribution is -0.137. The number of esters is 1. The maximum Gasteiger partial charge on any atom is 0.338 e. The van der Waals surface area contributed by atoms with Gasteiger partial charge in [0.25, 0.3) is 11.8 Å². The van der Waals surface area contributed by atoms with Gasteiger partial charge in [0.15, 0.2) is 5.17 Å². The van der Waals surface area contributed by atoms with Crippen LogP contribution in [0.2, 0.25) is 5.02 Å². The number of nitrogens with one attached hydrogen (secondary N) is 1. The third-order valence-electron chi connectivity index (χ3n) is 4.65. The van der Waals surface area contributed by atoms with Gasteiger partial charge in [-0.05, 0) is 42.3 Å². The number of amides is 2. The highest BCUT2D eigenvalue weighted by molar-refractivity contribution is 8.18. The molecular formula is C21H16ClN3O4S2. The first-order valence-corrected chi connectivity index (χ1v) is 11.2. The number of methoxy groups -OCH3 is 1. The fraction of sp³-hybridized carbons (Fsp3) is 0.143. The molecule has 2 aliphatic rings. The van der Waals surface area contributed by atoms with E-state index in [1.807, 2.05) is 17.5 Å². The minimum atomic E-state index is -0.677. The maximum absolute atomic E-state index is 13.1. The van der Waals surface area contributed by atoms with Crippen molar-refractivity contribution in [2.75, 3.05) is 12.4 Å². The number of nitrogens with zero attached hydrogens (tertiary/aromatic N) is 2. The molecule has 3 heterocycles. The molecule has 1 unspecified atom stereocenters. The van der Waals surface area contributed by atoms with Crippen LogP contribution in [0, 0.1) is 0 Å². The van der Waals surface area contributed by atoms with E-state index in [1.165, 1.54) is 29.4 Å². The zero-order valence-corrected chi connectivity index (χ0v) is 18.8. The molecule has 0 saturated heterocycles. The molecular weight excluding hydrogens is 458 g/mol. The Bertz CT molecular complexity index is 1170. The first kappa shape index (κ1) is 21.4. The van der Waals surface area contributed by atoms with E-state index in [2.05, 4.69) is 10.3 Å². The van der Waals surface area contributed by atoms with Gasteiger partial charge in [0.2, 0.25) is 0 Å². The Morgan fingerprint density at radius 3 is 2.68 bits per heavy atom. The number of halogens is 1. The zero-order valence-electron chi connectivity index (χ0n) is 16.4. The van der Waals surface area contributed by atoms with Crippen molar-refractivity contribution in [3.05, 3.63) is 73.9 Å². The molecule has 31 heavy (non-hydrogen) atoms. The molecule has 0 fully saturated rings. The van der Waals surface area contributed by atoms with Crippen LogP contribution in [0.25, 0.3) is 0 Å². The molecule has 4 rings (SSSR count). The molecule has 2 aromatic rings. The second-order valence-corrected chi connectivity index (χ2v) is 8.95. The molecule has 0 aliphatic carbocycles. The van der Waals surface area contributed by atoms with Crippen molar-refractivity contribution in [2.24, 2.45) is 4.99 Å². The second kappa shape index (κ2) is 8.70. The molecule has 1 atom stereocenters. The average Bonchev–Trinajstić information content (AvgIpc) is 3.28. The first-order valence-electron chi connectivity index (χ1n) is 9.10. The van der Waals surface area contributed by atoms with Crippen LogP contribution in [0.4, 0.5) is 5.69 Å². The maximum atomic E-state index is 13.1. The molecule has 1 aromatic carbocycles. The van der Waals surface area contributed by atoms with Crippen LogP contribution in [0.3, 0.4) is 0 Å². The van der Waals surface area contributed by atoms with Crippen LogP contribution >= 0.6 is 34.7 Å². The van der Waals surface area contributed by atoms with Gasteiger partial charge >= 0.3 is 5.97 Å². The number of allylic oxidation sites excluding steroid dienone is 1. The summed E-state index contributed by atoms with van der Waals surface area (Å²) >= 11 is 8.59. The van der Waals surface area contributed by atoms with Gasteiger partial charge in [0.05, 0.1) is 34.0 Å². The standard InChI is InChI=1S/C21H16ClN3O4S2/c1-11-17(20(28)29-2)18(14-8-5-9-30-14)25-16(26)10-15(31-21(25)23-11)19(27)24-13-7-4-3-6-12(13)22/h3-10,18H,1-2H3,(H,24,27). The highest BCUT2D eigenvalue weighted by Gasteiger charge is 2.43. The van der Waals surface area contributed by atoms with Crippen LogP contribution in [-0.2, 0) is 19.1 Å². The van der Waals surface area contributed by atoms with Crippen LogP contribution < -0.4 is 5.32 Å². The molecule has 2 amide bonds. The van der Waals surface area contributed by atoms with E-state index < -0.39 is 23.8 Å². The Kier molecular flexibility index (Phi) is 5.99. The number of thioether (sulfide) groups is 1. The molecule has 0 spiro atoms. The molecule has 0 radical (unpaired) electrons. The molecule has 7 nitrogen and oxygen atoms in total. The Balaban J connectivity index is 1.71. The van der Waals surface area contributed by atoms with E-state index in [4.69, 9.17) is 16.3 Å². The van der Waals surface area contributed by atoms with E-state index in [1.54, 1.807) is 31.2 Å². The lowest BCUT2D eigenvalue weighted by atomic mass is 10.0. The van der Waals surface area contributed by atoms with Crippen molar-refractivity contribution in [1.82, 2.24) is 4.90 Å². The Labute approximate surface area is 191 Å². The number of aliphatic imine (C=N–C) groups is 1. The molecule has 1 N–H and O–H groups in total. The number of hydrogen-bond donors (Lipinski definition) is 1. The number of ether oxygens (including phenoxy) is 1. The van der Waals surface area contributed by atoms with Crippen molar-refractivity contribution in [1.29, 1.82) is 0 Å². The smallest absolute Gasteiger partial charge is 0.338 e. The summed E-state index contributed by atoms with van der Waals surface area (Å²) in [6.45, 7) is 1.68. The van der Waals surface area contributed by atoms with Gasteiger partial charge in [-0.3, -0.25) is 14.5 Å². The van der Waals surface area contributed by atoms with E-state index in [9.17, 15) is 14.4 Å². The number of rotatable bonds is 4. The molecule has 1 aromatic heterocycles. The quantitative estimate of drug-likeness (QED) is 0.666. The lowest BCUT2D eigenvalue weighted by Gasteiger charge is -2.37. The number of fused-ring (bicyclic) bond motifs is 1. The number of hydrogen-bond acceptors (Lipinski definition) is 7. The Morgan fingerprint density at radius 2 is 2.00 bits per heavy atom. The van der Waals surface area contributed by atoms with Crippen molar-refractivity contribution >= 4 is 63.3 Å². The lowest BCUT2D eigenvalue weighted by Crippen LogP contribution is -2.44. The Hall–Kier alpha value is -2.88. The topological polar surface area (TPSA) is 88.1 Å². The van der Waals surface area contributed by atoms with Crippen molar-refractivity contribution < 1.29 is 19.1 Å². The summed E-state index contributed by atoms with van der Waals surface area (Å²) in [6, 6.07) is 9.84. The number of anilines is 1. The minimum absolute atomic E-state index is 0.180. The molecule has 2 aliphatic heterocycles. The van der Waals surface area contributed by atoms with Crippen LogP contribution in [0.1, 0.15) is 17.8 Å². The van der Waals surface area contributed by atoms with Gasteiger partial charge in [0, 0.05) is 11.0 Å². The van der Waals surface area contributed by atoms with Crippen molar-refractivity contribution in [2.45, 2.75) is 13.0 Å². The number of carbonyl (C=O) groups is 3. The predicted molar refractivity (Wildman–Crippen MR) is 122 cm³/mol. The summed E-state index contributed by atoms with van der Waals surface area (Å²) < 4.78 is 4.94. The Morgan fingerprint density at radius 1 is 1.23 bits per heavy atom. The minimum Gasteiger partial charge on any atom is -0.466 e. The van der Waals surface area contributed by atoms with Crippen LogP contribution in [0.15, 0.2) is 69.0 Å². The summed E-state index contributed by atoms with van der Waals surface area (Å²) in [5, 5.41) is 5.29. The van der Waals surface area contributed by atoms with Crippen molar-refractivity contribution in [3.63, 3.8) is 0 Å². The van der Waals surface area contributed by atoms with Gasteiger partial charge in [-0.15, -0.1) is 11.3 Å². The fourth-order valence-corrected chi connectivity index (χ4v) is 5.23. The number of amidine groups is 1. The normalized spacial score (nSPS) is 18.2. The SMILES string of the molecule is COC(=O)C1=C(C)N=C2SC(C(=O)Nc3ccccc3Cl)=CC(=O)N2C1c1cccs1. The molecule has 158 valence electrons. The summed E-state index contributed by atoms with van der Waals surface area (Å²) in [5.41, 5.74) is 1.17. The fourth-order valence-electron chi connectivity index (χ4n) is 3.24. The largest absolute Gasteiger partial charge is 0.466 e. The average molecular weight is 474 g/mol. The summed E-state index contributed by atoms with van der Waals surface area (Å²) in [4.78, 5) is 45.2. The highest BCUT2D eigenvalue weighted by atomic mass is 35.5. The van der Waals surface area contributed by atoms with Gasteiger partial charge in [0.1, 0.15) is 6.04 Å². The van der Waals surface area contributed by atoms with E-state index >= 15 is 0 Å². The van der Waals surface area contributed by atoms with Crippen molar-refractivity contribution in [3.8, 4) is 0 Å². The molecule has 0 bridgehead atoms. The monoisotopic (exact) mass is 473 g/mol. The van der Waals surface area contributed by atoms with E-state index in [0.717, 1.165) is 16.6 Å². The summed E-state index contributed by atoms with van der Waals surface area (Å²) in [5.74, 6) is -1.47.